The van der Waals surface area contributed by atoms with Crippen molar-refractivity contribution in [2.75, 3.05) is 80.2 Å². The third kappa shape index (κ3) is 15.4. The van der Waals surface area contributed by atoms with E-state index in [1.807, 2.05) is 0 Å². The maximum Gasteiger partial charge on any atom is 0.416 e. The number of esters is 2. The lowest BCUT2D eigenvalue weighted by Gasteiger charge is -2.22. The first kappa shape index (κ1) is 49.6. The van der Waals surface area contributed by atoms with E-state index >= 15 is 0 Å². The van der Waals surface area contributed by atoms with Gasteiger partial charge < -0.3 is 29.1 Å². The molecule has 1 aromatic heterocycles. The summed E-state index contributed by atoms with van der Waals surface area (Å²) in [5.74, 6) is -6.00. The number of anilines is 2. The number of carbonyl (C=O) groups excluding carboxylic acids is 6. The number of carbonyl (C=O) groups is 6. The van der Waals surface area contributed by atoms with Crippen LogP contribution in [0.15, 0.2) is 64.8 Å². The number of hydrazone groups is 2. The Balaban J connectivity index is 2.24. The standard InChI is InChI=1S/C39H43F6N9O8/c1-53(2,3)20-32(55)51-49-30(34(57)46-24-13-9-11-22(15-24)38(40,41)42)18-28-26(36(59)61-7)17-27(37(60)62-8)29(48-28)19-31(50-52-33(56)21-54(4,5)6)35(58)47-25-14-10-12-23(16-25)39(43,44)45/h9-17H,18-21H2,1-8H3,(H2-2,46,47,51,52,55,56,57,58)/p+2. The van der Waals surface area contributed by atoms with Gasteiger partial charge in [0.2, 0.25) is 0 Å². The van der Waals surface area contributed by atoms with Crippen LogP contribution in [0.2, 0.25) is 0 Å². The molecule has 0 unspecified atom stereocenters. The molecule has 17 nitrogen and oxygen atoms in total. The first-order valence-corrected chi connectivity index (χ1v) is 18.1. The van der Waals surface area contributed by atoms with E-state index < -0.39 is 106 Å². The molecule has 62 heavy (non-hydrogen) atoms. The van der Waals surface area contributed by atoms with Crippen LogP contribution in [0.25, 0.3) is 0 Å². The number of nitrogens with zero attached hydrogens (tertiary/aromatic N) is 5. The lowest BCUT2D eigenvalue weighted by atomic mass is 10.00. The minimum atomic E-state index is -4.78. The van der Waals surface area contributed by atoms with Crippen molar-refractivity contribution < 1.29 is 73.5 Å². The molecule has 0 atom stereocenters. The van der Waals surface area contributed by atoms with Crippen molar-refractivity contribution >= 4 is 58.4 Å². The summed E-state index contributed by atoms with van der Waals surface area (Å²) in [5.41, 5.74) is -1.50. The fraction of sp³-hybridized carbons (Fsp3) is 0.359. The molecule has 23 heteroatoms. The summed E-state index contributed by atoms with van der Waals surface area (Å²) in [5, 5.41) is 12.3. The Labute approximate surface area is 351 Å². The average molecular weight is 882 g/mol. The van der Waals surface area contributed by atoms with Crippen LogP contribution in [0.3, 0.4) is 0 Å². The summed E-state index contributed by atoms with van der Waals surface area (Å²) >= 11 is 0. The third-order valence-electron chi connectivity index (χ3n) is 7.95. The number of rotatable bonds is 16. The molecule has 334 valence electrons. The van der Waals surface area contributed by atoms with Crippen LogP contribution < -0.4 is 21.5 Å². The number of methoxy groups -OCH3 is 2. The molecule has 4 amide bonds. The van der Waals surface area contributed by atoms with Gasteiger partial charge in [-0.05, 0) is 42.5 Å². The highest BCUT2D eigenvalue weighted by atomic mass is 19.4. The number of benzene rings is 2. The molecule has 3 aromatic rings. The van der Waals surface area contributed by atoms with E-state index in [0.29, 0.717) is 12.1 Å². The van der Waals surface area contributed by atoms with Crippen LogP contribution >= 0.6 is 0 Å². The topological polar surface area (TPSA) is 207 Å². The van der Waals surface area contributed by atoms with Gasteiger partial charge in [0.05, 0.1) is 90.1 Å². The largest absolute Gasteiger partial charge is 0.465 e. The normalized spacial score (nSPS) is 12.5. The van der Waals surface area contributed by atoms with E-state index in [9.17, 15) is 55.1 Å². The number of hydrogen-bond acceptors (Lipinski definition) is 11. The van der Waals surface area contributed by atoms with Crippen LogP contribution in [-0.2, 0) is 53.8 Å². The van der Waals surface area contributed by atoms with Crippen LogP contribution in [0.4, 0.5) is 37.7 Å². The van der Waals surface area contributed by atoms with Gasteiger partial charge in [-0.2, -0.15) is 36.5 Å². The molecular formula is C39H45F6N9O8+2. The fourth-order valence-corrected chi connectivity index (χ4v) is 5.24. The number of aromatic nitrogens is 1. The van der Waals surface area contributed by atoms with E-state index in [4.69, 9.17) is 9.47 Å². The molecule has 0 aliphatic rings. The van der Waals surface area contributed by atoms with E-state index in [1.54, 1.807) is 42.3 Å². The lowest BCUT2D eigenvalue weighted by molar-refractivity contribution is -0.862. The molecule has 0 saturated carbocycles. The zero-order valence-electron chi connectivity index (χ0n) is 34.8. The Bertz CT molecular complexity index is 2110. The van der Waals surface area contributed by atoms with Gasteiger partial charge >= 0.3 is 24.3 Å². The second-order valence-electron chi connectivity index (χ2n) is 15.5. The van der Waals surface area contributed by atoms with Crippen LogP contribution in [0.5, 0.6) is 0 Å². The van der Waals surface area contributed by atoms with Gasteiger partial charge in [-0.1, -0.05) is 12.1 Å². The maximum absolute atomic E-state index is 13.7. The molecule has 0 radical (unpaired) electrons. The molecule has 3 rings (SSSR count). The summed E-state index contributed by atoms with van der Waals surface area (Å²) in [6, 6.07) is 8.08. The third-order valence-corrected chi connectivity index (χ3v) is 7.95. The van der Waals surface area contributed by atoms with Gasteiger partial charge in [-0.25, -0.2) is 20.4 Å². The first-order valence-electron chi connectivity index (χ1n) is 18.1. The van der Waals surface area contributed by atoms with E-state index in [1.165, 1.54) is 0 Å². The summed E-state index contributed by atoms with van der Waals surface area (Å²) in [6.45, 7) is -0.322. The molecule has 1 heterocycles. The second kappa shape index (κ2) is 20.2. The molecule has 0 saturated heterocycles. The van der Waals surface area contributed by atoms with Crippen molar-refractivity contribution in [2.45, 2.75) is 25.2 Å². The van der Waals surface area contributed by atoms with Crippen molar-refractivity contribution in [2.24, 2.45) is 10.2 Å². The predicted octanol–water partition coefficient (Wildman–Crippen LogP) is 3.41. The molecule has 0 spiro atoms. The Hall–Kier alpha value is -6.75. The summed E-state index contributed by atoms with van der Waals surface area (Å²) in [7, 11) is 12.0. The lowest BCUT2D eigenvalue weighted by Crippen LogP contribution is -2.43. The molecule has 0 fully saturated rings. The Morgan fingerprint density at radius 3 is 1.26 bits per heavy atom. The van der Waals surface area contributed by atoms with Crippen LogP contribution in [-0.4, -0.2) is 131 Å². The van der Waals surface area contributed by atoms with Crippen molar-refractivity contribution in [1.82, 2.24) is 15.8 Å². The monoisotopic (exact) mass is 881 g/mol. The number of amides is 4. The van der Waals surface area contributed by atoms with Gasteiger partial charge in [0.15, 0.2) is 13.1 Å². The Morgan fingerprint density at radius 1 is 0.597 bits per heavy atom. The number of quaternary nitrogens is 2. The number of pyridine rings is 1. The highest BCUT2D eigenvalue weighted by Gasteiger charge is 2.33. The Morgan fingerprint density at radius 2 is 0.952 bits per heavy atom. The van der Waals surface area contributed by atoms with E-state index in [2.05, 4.69) is 36.7 Å². The smallest absolute Gasteiger partial charge is 0.416 e. The highest BCUT2D eigenvalue weighted by molar-refractivity contribution is 6.44. The minimum Gasteiger partial charge on any atom is -0.465 e. The summed E-state index contributed by atoms with van der Waals surface area (Å²) in [4.78, 5) is 83.8. The molecule has 0 aliphatic heterocycles. The van der Waals surface area contributed by atoms with Gasteiger partial charge in [0.25, 0.3) is 23.6 Å². The molecular weight excluding hydrogens is 836 g/mol. The fourth-order valence-electron chi connectivity index (χ4n) is 5.24. The minimum absolute atomic E-state index is 0.112. The van der Waals surface area contributed by atoms with Crippen molar-refractivity contribution in [3.63, 3.8) is 0 Å². The number of likely N-dealkylation sites (N-methyl/N-ethyl adjacent to an activating group) is 2. The maximum atomic E-state index is 13.7. The van der Waals surface area contributed by atoms with E-state index in [-0.39, 0.29) is 33.4 Å². The van der Waals surface area contributed by atoms with Gasteiger partial charge in [0.1, 0.15) is 11.4 Å². The number of ether oxygens (including phenoxy) is 2. The van der Waals surface area contributed by atoms with Crippen molar-refractivity contribution in [3.8, 4) is 0 Å². The molecule has 2 aromatic carbocycles. The number of alkyl halides is 6. The second-order valence-corrected chi connectivity index (χ2v) is 15.5. The zero-order valence-corrected chi connectivity index (χ0v) is 34.8. The zero-order chi connectivity index (χ0) is 46.8. The first-order chi connectivity index (χ1) is 28.6. The average Bonchev–Trinajstić information content (AvgIpc) is 3.15. The molecule has 0 aliphatic carbocycles. The summed E-state index contributed by atoms with van der Waals surface area (Å²) < 4.78 is 91.0. The molecule has 0 bridgehead atoms. The number of hydrogen-bond donors (Lipinski definition) is 4. The quantitative estimate of drug-likeness (QED) is 0.0546. The van der Waals surface area contributed by atoms with Crippen LogP contribution in [0, 0.1) is 0 Å². The molecule has 4 N–H and O–H groups in total. The highest BCUT2D eigenvalue weighted by Crippen LogP contribution is 2.32. The SMILES string of the molecule is COC(=O)c1cc(C(=O)OC)c(C/C(=N/NC(=O)C[N+](C)(C)C)C(=O)Nc2cccc(C(F)(F)F)c2)nc1C/C(=N/NC(=O)C[N+](C)(C)C)C(=O)Nc1cccc(C(F)(F)F)c1. The Kier molecular flexibility index (Phi) is 16.2. The summed E-state index contributed by atoms with van der Waals surface area (Å²) in [6.07, 6.45) is -11.2. The van der Waals surface area contributed by atoms with Gasteiger partial charge in [-0.15, -0.1) is 0 Å². The number of nitrogens with one attached hydrogen (secondary N) is 4. The van der Waals surface area contributed by atoms with Crippen molar-refractivity contribution in [1.29, 1.82) is 0 Å². The van der Waals surface area contributed by atoms with E-state index in [0.717, 1.165) is 56.7 Å². The number of halogens is 6. The van der Waals surface area contributed by atoms with Gasteiger partial charge in [0, 0.05) is 24.2 Å². The van der Waals surface area contributed by atoms with Gasteiger partial charge in [-0.3, -0.25) is 24.2 Å². The van der Waals surface area contributed by atoms with Crippen LogP contribution in [0.1, 0.15) is 43.2 Å². The predicted molar refractivity (Wildman–Crippen MR) is 211 cm³/mol. The van der Waals surface area contributed by atoms with Crippen molar-refractivity contribution in [3.05, 3.63) is 88.2 Å².